The molecule has 0 radical (unpaired) electrons. The monoisotopic (exact) mass is 457 g/mol. The molecular formula is C24H28IN. The van der Waals surface area contributed by atoms with Gasteiger partial charge < -0.3 is 28.5 Å². The maximum absolute atomic E-state index is 2.30. The van der Waals surface area contributed by atoms with Crippen molar-refractivity contribution in [1.29, 1.82) is 0 Å². The molecule has 0 bridgehead atoms. The Morgan fingerprint density at radius 1 is 0.538 bits per heavy atom. The third-order valence-corrected chi connectivity index (χ3v) is 4.78. The molecule has 0 saturated carbocycles. The second kappa shape index (κ2) is 10.5. The van der Waals surface area contributed by atoms with Crippen molar-refractivity contribution in [2.75, 3.05) is 6.54 Å². The highest BCUT2D eigenvalue weighted by Crippen LogP contribution is 2.24. The highest BCUT2D eigenvalue weighted by atomic mass is 127. The van der Waals surface area contributed by atoms with Crippen LogP contribution in [0.15, 0.2) is 91.0 Å². The Labute approximate surface area is 175 Å². The summed E-state index contributed by atoms with van der Waals surface area (Å²) in [4.78, 5) is 0. The van der Waals surface area contributed by atoms with Crippen molar-refractivity contribution in [3.63, 3.8) is 0 Å². The smallest absolute Gasteiger partial charge is 0.105 e. The van der Waals surface area contributed by atoms with Gasteiger partial charge in [-0.2, -0.15) is 0 Å². The molecule has 0 spiro atoms. The first kappa shape index (κ1) is 20.7. The van der Waals surface area contributed by atoms with Gasteiger partial charge in [-0.15, -0.1) is 0 Å². The largest absolute Gasteiger partial charge is 1.00 e. The molecule has 3 aromatic carbocycles. The van der Waals surface area contributed by atoms with E-state index in [9.17, 15) is 0 Å². The zero-order valence-corrected chi connectivity index (χ0v) is 17.7. The predicted molar refractivity (Wildman–Crippen MR) is 106 cm³/mol. The Balaban J connectivity index is 0.00000243. The maximum atomic E-state index is 2.30. The van der Waals surface area contributed by atoms with E-state index in [1.807, 2.05) is 0 Å². The maximum Gasteiger partial charge on any atom is 0.105 e. The zero-order valence-electron chi connectivity index (χ0n) is 15.5. The van der Waals surface area contributed by atoms with Crippen LogP contribution in [-0.2, 0) is 19.6 Å². The molecule has 0 saturated heterocycles. The molecule has 3 rings (SSSR count). The molecule has 0 atom stereocenters. The molecule has 0 aliphatic carbocycles. The minimum Gasteiger partial charge on any atom is -1.00 e. The molecule has 0 amide bonds. The topological polar surface area (TPSA) is 0 Å². The van der Waals surface area contributed by atoms with E-state index in [1.54, 1.807) is 0 Å². The van der Waals surface area contributed by atoms with Crippen molar-refractivity contribution < 1.29 is 28.5 Å². The summed E-state index contributed by atoms with van der Waals surface area (Å²) >= 11 is 0. The van der Waals surface area contributed by atoms with Crippen LogP contribution in [0.1, 0.15) is 30.0 Å². The minimum atomic E-state index is 0. The standard InChI is InChI=1S/C24H28N.HI/c1-2-18-25(19-22-12-6-3-7-13-22,20-23-14-8-4-9-15-23)21-24-16-10-5-11-17-24;/h3-17H,2,18-21H2,1H3;1H/q+1;/p-1. The van der Waals surface area contributed by atoms with E-state index >= 15 is 0 Å². The number of halogens is 1. The van der Waals surface area contributed by atoms with Crippen LogP contribution >= 0.6 is 0 Å². The van der Waals surface area contributed by atoms with Crippen LogP contribution in [0.3, 0.4) is 0 Å². The number of hydrogen-bond acceptors (Lipinski definition) is 0. The van der Waals surface area contributed by atoms with Crippen LogP contribution in [0.5, 0.6) is 0 Å². The molecule has 0 N–H and O–H groups in total. The minimum absolute atomic E-state index is 0. The molecule has 3 aromatic rings. The Morgan fingerprint density at radius 3 is 1.12 bits per heavy atom. The first-order valence-electron chi connectivity index (χ1n) is 9.26. The highest BCUT2D eigenvalue weighted by molar-refractivity contribution is 5.17. The highest BCUT2D eigenvalue weighted by Gasteiger charge is 2.28. The SMILES string of the molecule is CCC[N+](Cc1ccccc1)(Cc1ccccc1)Cc1ccccc1.[I-]. The third kappa shape index (κ3) is 5.96. The number of benzene rings is 3. The molecule has 0 unspecified atom stereocenters. The van der Waals surface area contributed by atoms with Gasteiger partial charge in [0.05, 0.1) is 6.54 Å². The van der Waals surface area contributed by atoms with Gasteiger partial charge >= 0.3 is 0 Å². The van der Waals surface area contributed by atoms with Crippen LogP contribution in [0.2, 0.25) is 0 Å². The molecule has 2 heteroatoms. The van der Waals surface area contributed by atoms with Gasteiger partial charge in [0.1, 0.15) is 19.6 Å². The lowest BCUT2D eigenvalue weighted by atomic mass is 10.1. The molecule has 136 valence electrons. The van der Waals surface area contributed by atoms with E-state index in [0.29, 0.717) is 0 Å². The first-order chi connectivity index (χ1) is 12.3. The summed E-state index contributed by atoms with van der Waals surface area (Å²) < 4.78 is 1.06. The third-order valence-electron chi connectivity index (χ3n) is 4.78. The van der Waals surface area contributed by atoms with Crippen molar-refractivity contribution in [2.24, 2.45) is 0 Å². The van der Waals surface area contributed by atoms with Gasteiger partial charge in [-0.25, -0.2) is 0 Å². The Bertz CT molecular complexity index is 640. The van der Waals surface area contributed by atoms with Crippen LogP contribution < -0.4 is 24.0 Å². The average molecular weight is 457 g/mol. The van der Waals surface area contributed by atoms with E-state index in [1.165, 1.54) is 29.7 Å². The molecule has 0 heterocycles. The average Bonchev–Trinajstić information content (AvgIpc) is 2.64. The molecule has 1 nitrogen and oxygen atoms in total. The van der Waals surface area contributed by atoms with Crippen molar-refractivity contribution in [3.05, 3.63) is 108 Å². The van der Waals surface area contributed by atoms with Crippen LogP contribution in [0, 0.1) is 0 Å². The number of nitrogens with zero attached hydrogens (tertiary/aromatic N) is 1. The van der Waals surface area contributed by atoms with E-state index in [4.69, 9.17) is 0 Å². The Hall–Kier alpha value is -1.65. The van der Waals surface area contributed by atoms with Gasteiger partial charge in [0, 0.05) is 16.7 Å². The van der Waals surface area contributed by atoms with Crippen molar-refractivity contribution >= 4 is 0 Å². The van der Waals surface area contributed by atoms with E-state index in [-0.39, 0.29) is 24.0 Å². The van der Waals surface area contributed by atoms with Crippen LogP contribution in [-0.4, -0.2) is 11.0 Å². The van der Waals surface area contributed by atoms with E-state index in [2.05, 4.69) is 97.9 Å². The summed E-state index contributed by atoms with van der Waals surface area (Å²) in [5, 5.41) is 0. The summed E-state index contributed by atoms with van der Waals surface area (Å²) in [7, 11) is 0. The number of hydrogen-bond donors (Lipinski definition) is 0. The molecule has 26 heavy (non-hydrogen) atoms. The fraction of sp³-hybridized carbons (Fsp3) is 0.250. The molecule has 0 aromatic heterocycles. The van der Waals surface area contributed by atoms with E-state index in [0.717, 1.165) is 24.1 Å². The number of rotatable bonds is 8. The van der Waals surface area contributed by atoms with Gasteiger partial charge in [0.15, 0.2) is 0 Å². The predicted octanol–water partition coefficient (Wildman–Crippen LogP) is 2.82. The summed E-state index contributed by atoms with van der Waals surface area (Å²) in [5.41, 5.74) is 4.26. The van der Waals surface area contributed by atoms with Gasteiger partial charge in [-0.3, -0.25) is 0 Å². The fourth-order valence-electron chi connectivity index (χ4n) is 3.79. The van der Waals surface area contributed by atoms with Crippen LogP contribution in [0.4, 0.5) is 0 Å². The van der Waals surface area contributed by atoms with Crippen molar-refractivity contribution in [3.8, 4) is 0 Å². The normalized spacial score (nSPS) is 11.0. The summed E-state index contributed by atoms with van der Waals surface area (Å²) in [6.45, 7) is 6.68. The second-order valence-electron chi connectivity index (χ2n) is 7.00. The molecule has 0 aliphatic heterocycles. The lowest BCUT2D eigenvalue weighted by Gasteiger charge is -2.39. The quantitative estimate of drug-likeness (QED) is 0.361. The summed E-state index contributed by atoms with van der Waals surface area (Å²) in [6, 6.07) is 32.8. The Morgan fingerprint density at radius 2 is 0.846 bits per heavy atom. The second-order valence-corrected chi connectivity index (χ2v) is 7.00. The molecular weight excluding hydrogens is 429 g/mol. The molecule has 0 fully saturated rings. The molecule has 0 aliphatic rings. The van der Waals surface area contributed by atoms with Crippen molar-refractivity contribution in [1.82, 2.24) is 0 Å². The van der Waals surface area contributed by atoms with E-state index < -0.39 is 0 Å². The lowest BCUT2D eigenvalue weighted by Crippen LogP contribution is -3.00. The zero-order chi connectivity index (χ0) is 17.4. The van der Waals surface area contributed by atoms with Gasteiger partial charge in [0.2, 0.25) is 0 Å². The Kier molecular flexibility index (Phi) is 8.33. The van der Waals surface area contributed by atoms with Gasteiger partial charge in [0.25, 0.3) is 0 Å². The lowest BCUT2D eigenvalue weighted by molar-refractivity contribution is -0.966. The van der Waals surface area contributed by atoms with Gasteiger partial charge in [-0.05, 0) is 6.42 Å². The first-order valence-corrected chi connectivity index (χ1v) is 9.26. The van der Waals surface area contributed by atoms with Gasteiger partial charge in [-0.1, -0.05) is 97.9 Å². The van der Waals surface area contributed by atoms with Crippen LogP contribution in [0.25, 0.3) is 0 Å². The fourth-order valence-corrected chi connectivity index (χ4v) is 3.79. The summed E-state index contributed by atoms with van der Waals surface area (Å²) in [5.74, 6) is 0. The van der Waals surface area contributed by atoms with Crippen molar-refractivity contribution in [2.45, 2.75) is 33.0 Å². The number of quaternary nitrogens is 1. The summed E-state index contributed by atoms with van der Waals surface area (Å²) in [6.07, 6.45) is 1.19.